The summed E-state index contributed by atoms with van der Waals surface area (Å²) in [5.41, 5.74) is 1.65. The predicted octanol–water partition coefficient (Wildman–Crippen LogP) is 8.75. The van der Waals surface area contributed by atoms with Gasteiger partial charge in [-0.05, 0) is 85.5 Å². The lowest BCUT2D eigenvalue weighted by molar-refractivity contribution is 0.302. The van der Waals surface area contributed by atoms with E-state index in [2.05, 4.69) is 52.9 Å². The van der Waals surface area contributed by atoms with E-state index in [1.807, 2.05) is 51.1 Å². The molecule has 5 nitrogen and oxygen atoms in total. The zero-order valence-electron chi connectivity index (χ0n) is 19.5. The fourth-order valence-corrected chi connectivity index (χ4v) is 5.58. The van der Waals surface area contributed by atoms with Gasteiger partial charge in [-0.1, -0.05) is 66.0 Å². The number of rotatable bonds is 5. The van der Waals surface area contributed by atoms with E-state index in [0.717, 1.165) is 24.5 Å². The Hall–Kier alpha value is -1.71. The molecule has 0 aliphatic heterocycles. The molecule has 0 spiro atoms. The van der Waals surface area contributed by atoms with Crippen LogP contribution < -0.4 is 10.3 Å². The van der Waals surface area contributed by atoms with Gasteiger partial charge in [-0.2, -0.15) is 9.78 Å². The normalized spacial score (nSPS) is 12.0. The molecule has 4 rings (SSSR count). The number of nitrogens with zero attached hydrogens (tertiary/aromatic N) is 3. The lowest BCUT2D eigenvalue weighted by atomic mass is 9.95. The number of fused-ring (bicyclic) bond motifs is 1. The molecule has 1 heterocycles. The second-order valence-corrected chi connectivity index (χ2v) is 12.5. The summed E-state index contributed by atoms with van der Waals surface area (Å²) in [7, 11) is 0. The summed E-state index contributed by atoms with van der Waals surface area (Å²) in [6, 6.07) is 14.6. The Morgan fingerprint density at radius 3 is 2.33 bits per heavy atom. The van der Waals surface area contributed by atoms with Crippen molar-refractivity contribution in [2.24, 2.45) is 5.10 Å². The molecule has 0 unspecified atom stereocenters. The molecule has 0 radical (unpaired) electrons. The van der Waals surface area contributed by atoms with Gasteiger partial charge < -0.3 is 4.74 Å². The van der Waals surface area contributed by atoms with E-state index >= 15 is 0 Å². The van der Waals surface area contributed by atoms with Crippen molar-refractivity contribution in [3.05, 3.63) is 99.3 Å². The van der Waals surface area contributed by atoms with Gasteiger partial charge in [0.15, 0.2) is 0 Å². The minimum absolute atomic E-state index is 0.234. The third-order valence-electron chi connectivity index (χ3n) is 5.19. The van der Waals surface area contributed by atoms with Crippen LogP contribution in [0.2, 0.25) is 10.0 Å². The van der Waals surface area contributed by atoms with Crippen molar-refractivity contribution < 1.29 is 4.74 Å². The number of hydrogen-bond acceptors (Lipinski definition) is 4. The third-order valence-corrected chi connectivity index (χ3v) is 7.60. The summed E-state index contributed by atoms with van der Waals surface area (Å²) in [6.07, 6.45) is 1.63. The molecule has 0 fully saturated rings. The van der Waals surface area contributed by atoms with Crippen LogP contribution in [-0.2, 0) is 12.0 Å². The maximum absolute atomic E-state index is 13.4. The SMILES string of the molecule is CC(C)(C)c1nc2ccc(Br)cc2c(=O)n1N=Cc1cc(Br)c(OCc2ccc(Cl)c(Cl)c2)c(Br)c1. The van der Waals surface area contributed by atoms with Crippen molar-refractivity contribution in [1.82, 2.24) is 9.66 Å². The second-order valence-electron chi connectivity index (χ2n) is 9.06. The van der Waals surface area contributed by atoms with E-state index in [0.29, 0.717) is 39.1 Å². The minimum atomic E-state index is -0.402. The second kappa shape index (κ2) is 11.0. The summed E-state index contributed by atoms with van der Waals surface area (Å²) in [5.74, 6) is 1.20. The maximum atomic E-state index is 13.4. The van der Waals surface area contributed by atoms with Crippen LogP contribution in [0.3, 0.4) is 0 Å². The van der Waals surface area contributed by atoms with E-state index < -0.39 is 5.41 Å². The first-order valence-electron chi connectivity index (χ1n) is 10.8. The van der Waals surface area contributed by atoms with Gasteiger partial charge in [-0.15, -0.1) is 0 Å². The van der Waals surface area contributed by atoms with E-state index in [9.17, 15) is 4.79 Å². The third kappa shape index (κ3) is 6.05. The number of ether oxygens (including phenoxy) is 1. The standard InChI is InChI=1S/C26H20Br3Cl2N3O2/c1-26(2,3)25-33-22-7-5-16(27)11-17(22)24(35)34(25)32-12-15-8-18(28)23(19(29)9-15)36-13-14-4-6-20(30)21(31)10-14/h4-12H,13H2,1-3H3. The topological polar surface area (TPSA) is 56.5 Å². The van der Waals surface area contributed by atoms with Gasteiger partial charge in [0, 0.05) is 9.89 Å². The van der Waals surface area contributed by atoms with Crippen molar-refractivity contribution in [3.8, 4) is 5.75 Å². The molecule has 3 aromatic carbocycles. The molecule has 4 aromatic rings. The highest BCUT2D eigenvalue weighted by Gasteiger charge is 2.23. The summed E-state index contributed by atoms with van der Waals surface area (Å²) >= 11 is 22.7. The zero-order chi connectivity index (χ0) is 26.2. The van der Waals surface area contributed by atoms with E-state index in [1.54, 1.807) is 24.4 Å². The van der Waals surface area contributed by atoms with Gasteiger partial charge in [-0.3, -0.25) is 4.79 Å². The Morgan fingerprint density at radius 1 is 1.00 bits per heavy atom. The number of benzene rings is 3. The van der Waals surface area contributed by atoms with Crippen LogP contribution in [0.4, 0.5) is 0 Å². The fraction of sp³-hybridized carbons (Fsp3) is 0.192. The van der Waals surface area contributed by atoms with Crippen LogP contribution in [0, 0.1) is 0 Å². The smallest absolute Gasteiger partial charge is 0.282 e. The lowest BCUT2D eigenvalue weighted by Gasteiger charge is -2.21. The van der Waals surface area contributed by atoms with Crippen LogP contribution in [0.5, 0.6) is 5.75 Å². The zero-order valence-corrected chi connectivity index (χ0v) is 25.7. The molecule has 0 amide bonds. The first kappa shape index (κ1) is 27.3. The largest absolute Gasteiger partial charge is 0.487 e. The number of hydrogen-bond donors (Lipinski definition) is 0. The Bertz CT molecular complexity index is 1540. The fourth-order valence-electron chi connectivity index (χ4n) is 3.44. The monoisotopic (exact) mass is 713 g/mol. The van der Waals surface area contributed by atoms with Gasteiger partial charge in [0.1, 0.15) is 18.2 Å². The number of halogens is 5. The molecular formula is C26H20Br3Cl2N3O2. The first-order valence-corrected chi connectivity index (χ1v) is 13.9. The van der Waals surface area contributed by atoms with Gasteiger partial charge in [0.05, 0.1) is 36.1 Å². The van der Waals surface area contributed by atoms with E-state index in [1.165, 1.54) is 4.68 Å². The molecule has 36 heavy (non-hydrogen) atoms. The molecule has 0 atom stereocenters. The average molecular weight is 717 g/mol. The van der Waals surface area contributed by atoms with Crippen molar-refractivity contribution in [1.29, 1.82) is 0 Å². The Kier molecular flexibility index (Phi) is 8.32. The Balaban J connectivity index is 1.67. The highest BCUT2D eigenvalue weighted by Crippen LogP contribution is 2.35. The van der Waals surface area contributed by atoms with Crippen molar-refractivity contribution in [2.75, 3.05) is 0 Å². The molecule has 10 heteroatoms. The quantitative estimate of drug-likeness (QED) is 0.194. The van der Waals surface area contributed by atoms with Crippen LogP contribution in [0.1, 0.15) is 37.7 Å². The van der Waals surface area contributed by atoms with Crippen LogP contribution in [-0.4, -0.2) is 15.9 Å². The number of aromatic nitrogens is 2. The lowest BCUT2D eigenvalue weighted by Crippen LogP contribution is -2.29. The molecule has 1 aromatic heterocycles. The van der Waals surface area contributed by atoms with E-state index in [-0.39, 0.29) is 5.56 Å². The van der Waals surface area contributed by atoms with Crippen molar-refractivity contribution in [3.63, 3.8) is 0 Å². The molecule has 186 valence electrons. The highest BCUT2D eigenvalue weighted by atomic mass is 79.9. The van der Waals surface area contributed by atoms with Gasteiger partial charge in [-0.25, -0.2) is 4.98 Å². The van der Waals surface area contributed by atoms with E-state index in [4.69, 9.17) is 32.9 Å². The van der Waals surface area contributed by atoms with Crippen LogP contribution >= 0.6 is 71.0 Å². The van der Waals surface area contributed by atoms with Crippen molar-refractivity contribution >= 4 is 88.1 Å². The first-order chi connectivity index (χ1) is 16.9. The Morgan fingerprint density at radius 2 is 1.69 bits per heavy atom. The molecule has 0 aliphatic rings. The minimum Gasteiger partial charge on any atom is -0.487 e. The molecule has 0 N–H and O–H groups in total. The summed E-state index contributed by atoms with van der Waals surface area (Å²) in [5, 5.41) is 6.00. The summed E-state index contributed by atoms with van der Waals surface area (Å²) in [4.78, 5) is 18.1. The summed E-state index contributed by atoms with van der Waals surface area (Å²) in [6.45, 7) is 6.31. The average Bonchev–Trinajstić information content (AvgIpc) is 2.79. The summed E-state index contributed by atoms with van der Waals surface area (Å²) < 4.78 is 9.62. The van der Waals surface area contributed by atoms with Gasteiger partial charge in [0.2, 0.25) is 0 Å². The molecule has 0 aliphatic carbocycles. The highest BCUT2D eigenvalue weighted by molar-refractivity contribution is 9.11. The Labute approximate surface area is 243 Å². The molecule has 0 bridgehead atoms. The van der Waals surface area contributed by atoms with Crippen molar-refractivity contribution in [2.45, 2.75) is 32.8 Å². The maximum Gasteiger partial charge on any atom is 0.282 e. The molecule has 0 saturated heterocycles. The molecular weight excluding hydrogens is 697 g/mol. The predicted molar refractivity (Wildman–Crippen MR) is 158 cm³/mol. The van der Waals surface area contributed by atoms with Crippen LogP contribution in [0.25, 0.3) is 10.9 Å². The molecule has 0 saturated carbocycles. The van der Waals surface area contributed by atoms with Gasteiger partial charge >= 0.3 is 0 Å². The van der Waals surface area contributed by atoms with Gasteiger partial charge in [0.25, 0.3) is 5.56 Å². The van der Waals surface area contributed by atoms with Crippen LogP contribution in [0.15, 0.2) is 71.8 Å².